The third-order valence-corrected chi connectivity index (χ3v) is 5.45. The van der Waals surface area contributed by atoms with Gasteiger partial charge in [-0.05, 0) is 40.6 Å². The minimum atomic E-state index is 0.288. The molecule has 4 rings (SSSR count). The van der Waals surface area contributed by atoms with Crippen LogP contribution in [0.2, 0.25) is 0 Å². The van der Waals surface area contributed by atoms with Crippen LogP contribution in [0, 0.1) is 3.57 Å². The molecule has 1 saturated heterocycles. The molecule has 1 atom stereocenters. The van der Waals surface area contributed by atoms with Crippen molar-refractivity contribution in [2.45, 2.75) is 19.1 Å². The van der Waals surface area contributed by atoms with Crippen molar-refractivity contribution in [3.8, 4) is 0 Å². The molecule has 0 N–H and O–H groups in total. The number of halogens is 1. The van der Waals surface area contributed by atoms with Crippen molar-refractivity contribution in [1.82, 2.24) is 9.55 Å². The van der Waals surface area contributed by atoms with Crippen LogP contribution in [0.4, 0.5) is 5.69 Å². The van der Waals surface area contributed by atoms with Gasteiger partial charge >= 0.3 is 0 Å². The van der Waals surface area contributed by atoms with E-state index in [0.717, 1.165) is 25.2 Å². The third kappa shape index (κ3) is 3.15. The van der Waals surface area contributed by atoms with Crippen LogP contribution in [0.25, 0.3) is 11.0 Å². The van der Waals surface area contributed by atoms with Crippen LogP contribution in [0.3, 0.4) is 0 Å². The van der Waals surface area contributed by atoms with Gasteiger partial charge in [-0.3, -0.25) is 0 Å². The van der Waals surface area contributed by atoms with Gasteiger partial charge in [-0.25, -0.2) is 4.98 Å². The molecule has 1 aromatic carbocycles. The average Bonchev–Trinajstić information content (AvgIpc) is 3.19. The summed E-state index contributed by atoms with van der Waals surface area (Å²) in [4.78, 5) is 7.02. The predicted molar refractivity (Wildman–Crippen MR) is 105 cm³/mol. The highest BCUT2D eigenvalue weighted by atomic mass is 127. The lowest BCUT2D eigenvalue weighted by Crippen LogP contribution is -2.22. The maximum absolute atomic E-state index is 6.09. The summed E-state index contributed by atoms with van der Waals surface area (Å²) in [7, 11) is 2.04. The molecule has 3 heterocycles. The molecule has 124 valence electrons. The van der Waals surface area contributed by atoms with E-state index in [-0.39, 0.29) is 6.10 Å². The van der Waals surface area contributed by atoms with E-state index < -0.39 is 0 Å². The van der Waals surface area contributed by atoms with Crippen molar-refractivity contribution in [3.05, 3.63) is 57.9 Å². The maximum Gasteiger partial charge on any atom is 0.140 e. The predicted octanol–water partition coefficient (Wildman–Crippen LogP) is 3.97. The summed E-state index contributed by atoms with van der Waals surface area (Å²) < 4.78 is 9.41. The van der Waals surface area contributed by atoms with Gasteiger partial charge in [0.1, 0.15) is 5.65 Å². The molecule has 0 amide bonds. The molecule has 0 bridgehead atoms. The van der Waals surface area contributed by atoms with Gasteiger partial charge in [0.05, 0.1) is 24.6 Å². The second-order valence-corrected chi connectivity index (χ2v) is 7.47. The van der Waals surface area contributed by atoms with Gasteiger partial charge < -0.3 is 14.2 Å². The Morgan fingerprint density at radius 2 is 2.12 bits per heavy atom. The molecule has 1 fully saturated rings. The highest BCUT2D eigenvalue weighted by Gasteiger charge is 2.24. The van der Waals surface area contributed by atoms with Crippen LogP contribution in [-0.2, 0) is 18.4 Å². The third-order valence-electron chi connectivity index (χ3n) is 4.59. The Hall–Kier alpha value is -1.60. The number of hydrogen-bond donors (Lipinski definition) is 0. The van der Waals surface area contributed by atoms with Crippen LogP contribution in [0.15, 0.2) is 48.8 Å². The zero-order chi connectivity index (χ0) is 16.5. The molecule has 0 aliphatic carbocycles. The standard InChI is InChI=1S/C19H20IN3O/c1-22-12-18(20)17-9-15(10-21-19(17)22)23-8-7-16(11-23)24-13-14-5-3-2-4-6-14/h2-6,9-10,12,16H,7-8,11,13H2,1H3. The topological polar surface area (TPSA) is 30.3 Å². The molecular formula is C19H20IN3O. The lowest BCUT2D eigenvalue weighted by molar-refractivity contribution is 0.0553. The van der Waals surface area contributed by atoms with E-state index in [4.69, 9.17) is 4.74 Å². The number of benzene rings is 1. The summed E-state index contributed by atoms with van der Waals surface area (Å²) in [5.74, 6) is 0. The van der Waals surface area contributed by atoms with Gasteiger partial charge in [-0.2, -0.15) is 0 Å². The summed E-state index contributed by atoms with van der Waals surface area (Å²) in [6, 6.07) is 12.6. The van der Waals surface area contributed by atoms with E-state index in [0.29, 0.717) is 6.61 Å². The van der Waals surface area contributed by atoms with Crippen LogP contribution >= 0.6 is 22.6 Å². The molecule has 1 aliphatic rings. The molecule has 0 radical (unpaired) electrons. The first-order valence-corrected chi connectivity index (χ1v) is 9.29. The lowest BCUT2D eigenvalue weighted by Gasteiger charge is -2.18. The van der Waals surface area contributed by atoms with Gasteiger partial charge in [0.15, 0.2) is 0 Å². The van der Waals surface area contributed by atoms with Crippen LogP contribution in [0.5, 0.6) is 0 Å². The zero-order valence-electron chi connectivity index (χ0n) is 13.7. The van der Waals surface area contributed by atoms with Gasteiger partial charge in [-0.15, -0.1) is 0 Å². The van der Waals surface area contributed by atoms with Crippen molar-refractivity contribution in [1.29, 1.82) is 0 Å². The SMILES string of the molecule is Cn1cc(I)c2cc(N3CCC(OCc4ccccc4)C3)cnc21. The van der Waals surface area contributed by atoms with Gasteiger partial charge in [0.2, 0.25) is 0 Å². The van der Waals surface area contributed by atoms with Crippen LogP contribution < -0.4 is 4.90 Å². The Balaban J connectivity index is 1.44. The summed E-state index contributed by atoms with van der Waals surface area (Å²) in [6.45, 7) is 2.65. The summed E-state index contributed by atoms with van der Waals surface area (Å²) in [5, 5.41) is 1.23. The first-order valence-electron chi connectivity index (χ1n) is 8.22. The fourth-order valence-electron chi connectivity index (χ4n) is 3.26. The number of hydrogen-bond acceptors (Lipinski definition) is 3. The van der Waals surface area contributed by atoms with Gasteiger partial charge in [0, 0.05) is 35.3 Å². The second-order valence-electron chi connectivity index (χ2n) is 6.31. The number of aryl methyl sites for hydroxylation is 1. The molecule has 3 aromatic rings. The molecule has 4 nitrogen and oxygen atoms in total. The number of anilines is 1. The zero-order valence-corrected chi connectivity index (χ0v) is 15.8. The lowest BCUT2D eigenvalue weighted by atomic mass is 10.2. The Bertz CT molecular complexity index is 846. The molecule has 0 spiro atoms. The van der Waals surface area contributed by atoms with E-state index in [1.54, 1.807) is 0 Å². The highest BCUT2D eigenvalue weighted by molar-refractivity contribution is 14.1. The summed E-state index contributed by atoms with van der Waals surface area (Å²) in [5.41, 5.74) is 3.47. The molecule has 2 aromatic heterocycles. The Labute approximate surface area is 155 Å². The van der Waals surface area contributed by atoms with Crippen molar-refractivity contribution < 1.29 is 4.74 Å². The van der Waals surface area contributed by atoms with E-state index >= 15 is 0 Å². The van der Waals surface area contributed by atoms with Gasteiger partial charge in [0.25, 0.3) is 0 Å². The van der Waals surface area contributed by atoms with Crippen molar-refractivity contribution >= 4 is 39.3 Å². The maximum atomic E-state index is 6.09. The largest absolute Gasteiger partial charge is 0.372 e. The molecule has 5 heteroatoms. The average molecular weight is 433 g/mol. The second kappa shape index (κ2) is 6.72. The first-order chi connectivity index (χ1) is 11.7. The number of aromatic nitrogens is 2. The first kappa shape index (κ1) is 15.9. The highest BCUT2D eigenvalue weighted by Crippen LogP contribution is 2.28. The Morgan fingerprint density at radius 3 is 2.96 bits per heavy atom. The Morgan fingerprint density at radius 1 is 1.29 bits per heavy atom. The number of pyridine rings is 1. The summed E-state index contributed by atoms with van der Waals surface area (Å²) >= 11 is 2.38. The molecular weight excluding hydrogens is 413 g/mol. The fourth-order valence-corrected chi connectivity index (χ4v) is 4.08. The number of nitrogens with zero attached hydrogens (tertiary/aromatic N) is 3. The number of ether oxygens (including phenoxy) is 1. The van der Waals surface area contributed by atoms with E-state index in [1.807, 2.05) is 19.3 Å². The minimum absolute atomic E-state index is 0.288. The molecule has 1 unspecified atom stereocenters. The minimum Gasteiger partial charge on any atom is -0.372 e. The summed E-state index contributed by atoms with van der Waals surface area (Å²) in [6.07, 6.45) is 5.46. The van der Waals surface area contributed by atoms with Crippen LogP contribution in [0.1, 0.15) is 12.0 Å². The van der Waals surface area contributed by atoms with Crippen LogP contribution in [-0.4, -0.2) is 28.7 Å². The molecule has 0 saturated carbocycles. The monoisotopic (exact) mass is 433 g/mol. The van der Waals surface area contributed by atoms with Crippen molar-refractivity contribution in [2.75, 3.05) is 18.0 Å². The normalized spacial score (nSPS) is 17.8. The fraction of sp³-hybridized carbons (Fsp3) is 0.316. The van der Waals surface area contributed by atoms with Crippen molar-refractivity contribution in [2.24, 2.45) is 7.05 Å². The van der Waals surface area contributed by atoms with E-state index in [2.05, 4.69) is 73.6 Å². The number of fused-ring (bicyclic) bond motifs is 1. The number of rotatable bonds is 4. The van der Waals surface area contributed by atoms with E-state index in [1.165, 1.54) is 20.2 Å². The Kier molecular flexibility index (Phi) is 4.45. The van der Waals surface area contributed by atoms with E-state index in [9.17, 15) is 0 Å². The van der Waals surface area contributed by atoms with Crippen molar-refractivity contribution in [3.63, 3.8) is 0 Å². The quantitative estimate of drug-likeness (QED) is 0.584. The molecule has 24 heavy (non-hydrogen) atoms. The smallest absolute Gasteiger partial charge is 0.140 e. The van der Waals surface area contributed by atoms with Gasteiger partial charge in [-0.1, -0.05) is 30.3 Å². The molecule has 1 aliphatic heterocycles.